The van der Waals surface area contributed by atoms with Crippen LogP contribution in [0.4, 0.5) is 0 Å². The Labute approximate surface area is 131 Å². The van der Waals surface area contributed by atoms with Crippen molar-refractivity contribution in [1.82, 2.24) is 10.2 Å². The highest BCUT2D eigenvalue weighted by Crippen LogP contribution is 2.38. The molecule has 0 spiro atoms. The molecule has 1 fully saturated rings. The van der Waals surface area contributed by atoms with Crippen molar-refractivity contribution in [3.8, 4) is 0 Å². The first-order chi connectivity index (χ1) is 9.97. The van der Waals surface area contributed by atoms with E-state index in [0.717, 1.165) is 25.2 Å². The van der Waals surface area contributed by atoms with E-state index in [4.69, 9.17) is 11.6 Å². The molecule has 2 atom stereocenters. The van der Waals surface area contributed by atoms with Crippen molar-refractivity contribution in [2.45, 2.75) is 23.8 Å². The summed E-state index contributed by atoms with van der Waals surface area (Å²) < 4.78 is 24.6. The normalized spacial score (nSPS) is 27.8. The second-order valence-corrected chi connectivity index (χ2v) is 8.57. The summed E-state index contributed by atoms with van der Waals surface area (Å²) in [6.45, 7) is 3.03. The molecule has 0 bridgehead atoms. The van der Waals surface area contributed by atoms with E-state index < -0.39 is 9.84 Å². The second-order valence-electron chi connectivity index (χ2n) is 6.13. The molecule has 6 heteroatoms. The lowest BCUT2D eigenvalue weighted by Gasteiger charge is -2.31. The minimum atomic E-state index is -3.17. The van der Waals surface area contributed by atoms with E-state index in [1.807, 2.05) is 13.1 Å². The third-order valence-electron chi connectivity index (χ3n) is 4.52. The van der Waals surface area contributed by atoms with Crippen molar-refractivity contribution in [3.63, 3.8) is 0 Å². The average molecular weight is 329 g/mol. The summed E-state index contributed by atoms with van der Waals surface area (Å²) in [6.07, 6.45) is 2.41. The maximum Gasteiger partial charge on any atom is 0.180 e. The van der Waals surface area contributed by atoms with Crippen LogP contribution in [0.25, 0.3) is 0 Å². The lowest BCUT2D eigenvalue weighted by Crippen LogP contribution is -2.38. The summed E-state index contributed by atoms with van der Waals surface area (Å²) in [7, 11) is -1.15. The van der Waals surface area contributed by atoms with Gasteiger partial charge in [0.05, 0.1) is 16.7 Å². The first kappa shape index (κ1) is 15.3. The van der Waals surface area contributed by atoms with Gasteiger partial charge in [0, 0.05) is 11.6 Å². The van der Waals surface area contributed by atoms with Crippen LogP contribution in [0.2, 0.25) is 5.02 Å². The third-order valence-corrected chi connectivity index (χ3v) is 6.55. The predicted molar refractivity (Wildman–Crippen MR) is 84.5 cm³/mol. The van der Waals surface area contributed by atoms with E-state index in [2.05, 4.69) is 10.2 Å². The van der Waals surface area contributed by atoms with Gasteiger partial charge in [-0.25, -0.2) is 8.42 Å². The number of sulfone groups is 1. The summed E-state index contributed by atoms with van der Waals surface area (Å²) in [5.74, 6) is 0.758. The zero-order chi connectivity index (χ0) is 15.0. The minimum absolute atomic E-state index is 0.0781. The summed E-state index contributed by atoms with van der Waals surface area (Å²) in [6, 6.07) is 5.03. The fourth-order valence-electron chi connectivity index (χ4n) is 3.43. The van der Waals surface area contributed by atoms with E-state index >= 15 is 0 Å². The first-order valence-electron chi connectivity index (χ1n) is 7.40. The van der Waals surface area contributed by atoms with Crippen LogP contribution in [0.5, 0.6) is 0 Å². The summed E-state index contributed by atoms with van der Waals surface area (Å²) in [5, 5.41) is 4.01. The fraction of sp³-hybridized carbons (Fsp3) is 0.600. The van der Waals surface area contributed by atoms with Crippen LogP contribution in [-0.4, -0.2) is 45.8 Å². The topological polar surface area (TPSA) is 49.4 Å². The third kappa shape index (κ3) is 3.11. The maximum absolute atomic E-state index is 12.3. The van der Waals surface area contributed by atoms with Crippen LogP contribution < -0.4 is 5.32 Å². The number of nitrogens with one attached hydrogen (secondary N) is 1. The lowest BCUT2D eigenvalue weighted by molar-refractivity contribution is 0.202. The zero-order valence-corrected chi connectivity index (χ0v) is 13.8. The van der Waals surface area contributed by atoms with Crippen LogP contribution in [0.3, 0.4) is 0 Å². The van der Waals surface area contributed by atoms with Gasteiger partial charge in [0.15, 0.2) is 9.84 Å². The van der Waals surface area contributed by atoms with Gasteiger partial charge in [0.25, 0.3) is 0 Å². The van der Waals surface area contributed by atoms with Crippen LogP contribution in [-0.2, 0) is 9.84 Å². The Morgan fingerprint density at radius 2 is 2.24 bits per heavy atom. The number of halogens is 1. The van der Waals surface area contributed by atoms with Crippen molar-refractivity contribution >= 4 is 21.4 Å². The molecule has 1 aromatic carbocycles. The van der Waals surface area contributed by atoms with Gasteiger partial charge in [-0.2, -0.15) is 0 Å². The van der Waals surface area contributed by atoms with Gasteiger partial charge < -0.3 is 5.32 Å². The predicted octanol–water partition coefficient (Wildman–Crippen LogP) is 2.10. The molecule has 2 heterocycles. The number of rotatable bonds is 3. The highest BCUT2D eigenvalue weighted by Gasteiger charge is 2.37. The van der Waals surface area contributed by atoms with Crippen LogP contribution in [0.1, 0.15) is 24.4 Å². The van der Waals surface area contributed by atoms with Gasteiger partial charge in [-0.15, -0.1) is 0 Å². The van der Waals surface area contributed by atoms with Crippen molar-refractivity contribution in [2.75, 3.05) is 32.4 Å². The van der Waals surface area contributed by atoms with Crippen LogP contribution >= 0.6 is 11.6 Å². The average Bonchev–Trinajstić information content (AvgIpc) is 2.71. The largest absolute Gasteiger partial charge is 0.316 e. The molecule has 4 nitrogen and oxygen atoms in total. The number of hydrogen-bond donors (Lipinski definition) is 1. The number of fused-ring (bicyclic) bond motifs is 1. The quantitative estimate of drug-likeness (QED) is 0.923. The summed E-state index contributed by atoms with van der Waals surface area (Å²) >= 11 is 6.06. The first-order valence-corrected chi connectivity index (χ1v) is 9.43. The van der Waals surface area contributed by atoms with Crippen LogP contribution in [0, 0.1) is 5.92 Å². The molecule has 2 aliphatic rings. The van der Waals surface area contributed by atoms with E-state index in [1.54, 1.807) is 12.1 Å². The highest BCUT2D eigenvalue weighted by molar-refractivity contribution is 7.91. The molecule has 0 amide bonds. The smallest absolute Gasteiger partial charge is 0.180 e. The Morgan fingerprint density at radius 1 is 1.43 bits per heavy atom. The van der Waals surface area contributed by atoms with Crippen molar-refractivity contribution in [1.29, 1.82) is 0 Å². The van der Waals surface area contributed by atoms with Crippen molar-refractivity contribution < 1.29 is 8.42 Å². The molecule has 1 saturated heterocycles. The Morgan fingerprint density at radius 3 is 2.95 bits per heavy atom. The lowest BCUT2D eigenvalue weighted by atomic mass is 9.98. The second kappa shape index (κ2) is 5.88. The monoisotopic (exact) mass is 328 g/mol. The zero-order valence-electron chi connectivity index (χ0n) is 12.2. The van der Waals surface area contributed by atoms with E-state index in [-0.39, 0.29) is 11.8 Å². The number of benzene rings is 1. The molecular weight excluding hydrogens is 308 g/mol. The van der Waals surface area contributed by atoms with Gasteiger partial charge in [0.2, 0.25) is 0 Å². The van der Waals surface area contributed by atoms with Gasteiger partial charge in [-0.3, -0.25) is 4.90 Å². The number of piperidine rings is 1. The molecule has 0 aromatic heterocycles. The molecule has 2 aliphatic heterocycles. The van der Waals surface area contributed by atoms with Crippen molar-refractivity contribution in [2.24, 2.45) is 5.92 Å². The molecule has 21 heavy (non-hydrogen) atoms. The fourth-order valence-corrected chi connectivity index (χ4v) is 5.47. The highest BCUT2D eigenvalue weighted by atomic mass is 35.5. The Hall–Kier alpha value is -0.620. The molecular formula is C15H21ClN2O2S. The molecule has 0 saturated carbocycles. The molecule has 1 aromatic rings. The molecule has 0 aliphatic carbocycles. The van der Waals surface area contributed by atoms with Crippen LogP contribution in [0.15, 0.2) is 23.1 Å². The standard InChI is InChI=1S/C15H21ClN2O2S/c1-18(9-11-3-2-6-17-8-11)14-10-21(19,20)15-5-4-12(16)7-13(14)15/h4-5,7,11,14,17H,2-3,6,8-10H2,1H3. The van der Waals surface area contributed by atoms with E-state index in [0.29, 0.717) is 15.8 Å². The molecule has 116 valence electrons. The van der Waals surface area contributed by atoms with E-state index in [9.17, 15) is 8.42 Å². The maximum atomic E-state index is 12.3. The van der Waals surface area contributed by atoms with Gasteiger partial charge >= 0.3 is 0 Å². The SMILES string of the molecule is CN(CC1CCCNC1)C1CS(=O)(=O)c2ccc(Cl)cc21. The Bertz CT molecular complexity index is 627. The summed E-state index contributed by atoms with van der Waals surface area (Å²) in [5.41, 5.74) is 0.855. The van der Waals surface area contributed by atoms with Gasteiger partial charge in [-0.1, -0.05) is 11.6 Å². The number of nitrogens with zero attached hydrogens (tertiary/aromatic N) is 1. The minimum Gasteiger partial charge on any atom is -0.316 e. The molecule has 1 N–H and O–H groups in total. The van der Waals surface area contributed by atoms with Crippen molar-refractivity contribution in [3.05, 3.63) is 28.8 Å². The summed E-state index contributed by atoms with van der Waals surface area (Å²) in [4.78, 5) is 2.63. The molecule has 3 rings (SSSR count). The molecule has 2 unspecified atom stereocenters. The Kier molecular flexibility index (Phi) is 4.28. The molecule has 0 radical (unpaired) electrons. The van der Waals surface area contributed by atoms with E-state index in [1.165, 1.54) is 12.8 Å². The van der Waals surface area contributed by atoms with Gasteiger partial charge in [0.1, 0.15) is 0 Å². The Balaban J connectivity index is 1.81. The number of hydrogen-bond acceptors (Lipinski definition) is 4. The van der Waals surface area contributed by atoms with Gasteiger partial charge in [-0.05, 0) is 62.7 Å².